The molecule has 2 amide bonds. The van der Waals surface area contributed by atoms with Crippen LogP contribution in [0.15, 0.2) is 53.4 Å². The maximum Gasteiger partial charge on any atom is 0.243 e. The van der Waals surface area contributed by atoms with Crippen molar-refractivity contribution in [3.05, 3.63) is 54.1 Å². The number of ether oxygens (including phenoxy) is 1. The number of carbonyl (C=O) groups is 2. The van der Waals surface area contributed by atoms with Crippen LogP contribution in [0.4, 0.5) is 0 Å². The van der Waals surface area contributed by atoms with E-state index in [1.807, 2.05) is 31.2 Å². The van der Waals surface area contributed by atoms with Crippen LogP contribution in [0.2, 0.25) is 0 Å². The van der Waals surface area contributed by atoms with Crippen LogP contribution in [-0.4, -0.2) is 48.6 Å². The van der Waals surface area contributed by atoms with Gasteiger partial charge in [0.1, 0.15) is 11.5 Å². The summed E-state index contributed by atoms with van der Waals surface area (Å²) in [7, 11) is -3.67. The van der Waals surface area contributed by atoms with Crippen LogP contribution in [0.1, 0.15) is 18.4 Å². The van der Waals surface area contributed by atoms with Crippen LogP contribution in [0, 0.1) is 6.92 Å². The Morgan fingerprint density at radius 2 is 1.54 bits per heavy atom. The molecule has 2 aliphatic heterocycles. The number of hydrogen-bond donors (Lipinski definition) is 0. The zero-order valence-corrected chi connectivity index (χ0v) is 16.2. The van der Waals surface area contributed by atoms with Gasteiger partial charge in [-0.2, -0.15) is 4.31 Å². The van der Waals surface area contributed by atoms with E-state index in [4.69, 9.17) is 4.74 Å². The van der Waals surface area contributed by atoms with Gasteiger partial charge in [-0.05, 0) is 42.8 Å². The number of para-hydroxylation sites is 1. The molecule has 0 unspecified atom stereocenters. The first-order valence-corrected chi connectivity index (χ1v) is 10.5. The van der Waals surface area contributed by atoms with Gasteiger partial charge in [-0.25, -0.2) is 8.42 Å². The van der Waals surface area contributed by atoms with E-state index in [0.29, 0.717) is 11.5 Å². The standard InChI is InChI=1S/C20H20N2O5S/c1-14-4-2-3-5-18(14)27-16-6-8-17(9-7-16)28(25,26)21-12-15(13-21)22-19(23)10-11-20(22)24/h2-9,15H,10-13H2,1H3. The number of imide groups is 1. The minimum absolute atomic E-state index is 0.140. The van der Waals surface area contributed by atoms with Gasteiger partial charge >= 0.3 is 0 Å². The third-order valence-corrected chi connectivity index (χ3v) is 6.91. The molecule has 0 N–H and O–H groups in total. The Balaban J connectivity index is 1.43. The Kier molecular flexibility index (Phi) is 4.68. The van der Waals surface area contributed by atoms with Crippen molar-refractivity contribution < 1.29 is 22.7 Å². The van der Waals surface area contributed by atoms with Crippen molar-refractivity contribution >= 4 is 21.8 Å². The monoisotopic (exact) mass is 400 g/mol. The summed E-state index contributed by atoms with van der Waals surface area (Å²) in [6.45, 7) is 2.22. The Morgan fingerprint density at radius 3 is 2.14 bits per heavy atom. The summed E-state index contributed by atoms with van der Waals surface area (Å²) in [5, 5.41) is 0. The van der Waals surface area contributed by atoms with Gasteiger partial charge in [-0.15, -0.1) is 0 Å². The van der Waals surface area contributed by atoms with E-state index in [9.17, 15) is 18.0 Å². The van der Waals surface area contributed by atoms with Crippen molar-refractivity contribution in [1.29, 1.82) is 0 Å². The highest BCUT2D eigenvalue weighted by Crippen LogP contribution is 2.30. The first kappa shape index (κ1) is 18.6. The first-order chi connectivity index (χ1) is 13.4. The fourth-order valence-corrected chi connectivity index (χ4v) is 4.92. The molecule has 0 aliphatic carbocycles. The Morgan fingerprint density at radius 1 is 0.929 bits per heavy atom. The summed E-state index contributed by atoms with van der Waals surface area (Å²) in [5.74, 6) is 0.821. The lowest BCUT2D eigenvalue weighted by Gasteiger charge is -2.41. The average Bonchev–Trinajstić information content (AvgIpc) is 2.95. The highest BCUT2D eigenvalue weighted by Gasteiger charge is 2.45. The number of hydrogen-bond acceptors (Lipinski definition) is 5. The number of likely N-dealkylation sites (tertiary alicyclic amines) is 1. The first-order valence-electron chi connectivity index (χ1n) is 9.05. The van der Waals surface area contributed by atoms with Gasteiger partial charge in [0.15, 0.2) is 0 Å². The number of sulfonamides is 1. The summed E-state index contributed by atoms with van der Waals surface area (Å²) >= 11 is 0. The number of rotatable bonds is 5. The van der Waals surface area contributed by atoms with Crippen LogP contribution in [0.5, 0.6) is 11.5 Å². The highest BCUT2D eigenvalue weighted by molar-refractivity contribution is 7.89. The van der Waals surface area contributed by atoms with E-state index in [-0.39, 0.29) is 48.7 Å². The zero-order valence-electron chi connectivity index (χ0n) is 15.4. The molecular formula is C20H20N2O5S. The van der Waals surface area contributed by atoms with E-state index in [1.165, 1.54) is 21.3 Å². The summed E-state index contributed by atoms with van der Waals surface area (Å²) in [6.07, 6.45) is 0.425. The zero-order chi connectivity index (χ0) is 19.9. The number of carbonyl (C=O) groups excluding carboxylic acids is 2. The molecule has 2 saturated heterocycles. The van der Waals surface area contributed by atoms with Gasteiger partial charge in [0.05, 0.1) is 10.9 Å². The van der Waals surface area contributed by atoms with E-state index in [2.05, 4.69) is 0 Å². The molecular weight excluding hydrogens is 380 g/mol. The van der Waals surface area contributed by atoms with Crippen molar-refractivity contribution in [2.75, 3.05) is 13.1 Å². The van der Waals surface area contributed by atoms with Crippen molar-refractivity contribution in [2.24, 2.45) is 0 Å². The molecule has 146 valence electrons. The van der Waals surface area contributed by atoms with Crippen LogP contribution in [-0.2, 0) is 19.6 Å². The molecule has 0 atom stereocenters. The van der Waals surface area contributed by atoms with Gasteiger partial charge in [-0.1, -0.05) is 18.2 Å². The number of nitrogens with zero attached hydrogens (tertiary/aromatic N) is 2. The highest BCUT2D eigenvalue weighted by atomic mass is 32.2. The van der Waals surface area contributed by atoms with Gasteiger partial charge in [0.2, 0.25) is 21.8 Å². The smallest absolute Gasteiger partial charge is 0.243 e. The summed E-state index contributed by atoms with van der Waals surface area (Å²) in [6, 6.07) is 13.4. The molecule has 2 fully saturated rings. The maximum absolute atomic E-state index is 12.8. The average molecular weight is 400 g/mol. The number of amides is 2. The second kappa shape index (κ2) is 7.03. The van der Waals surface area contributed by atoms with Gasteiger partial charge < -0.3 is 4.74 Å². The topological polar surface area (TPSA) is 84.0 Å². The second-order valence-electron chi connectivity index (χ2n) is 6.97. The second-order valence-corrected chi connectivity index (χ2v) is 8.91. The Labute approximate surface area is 163 Å². The fourth-order valence-electron chi connectivity index (χ4n) is 3.40. The SMILES string of the molecule is Cc1ccccc1Oc1ccc(S(=O)(=O)N2CC(N3C(=O)CCC3=O)C2)cc1. The van der Waals surface area contributed by atoms with Gasteiger partial charge in [0, 0.05) is 25.9 Å². The summed E-state index contributed by atoms with van der Waals surface area (Å²) < 4.78 is 32.6. The minimum Gasteiger partial charge on any atom is -0.457 e. The summed E-state index contributed by atoms with van der Waals surface area (Å²) in [4.78, 5) is 24.9. The van der Waals surface area contributed by atoms with E-state index in [1.54, 1.807) is 12.1 Å². The molecule has 2 heterocycles. The quantitative estimate of drug-likeness (QED) is 0.719. The number of benzene rings is 2. The molecule has 0 radical (unpaired) electrons. The van der Waals surface area contributed by atoms with Gasteiger partial charge in [0.25, 0.3) is 0 Å². The van der Waals surface area contributed by atoms with Crippen molar-refractivity contribution in [3.63, 3.8) is 0 Å². The van der Waals surface area contributed by atoms with Gasteiger partial charge in [-0.3, -0.25) is 14.5 Å². The lowest BCUT2D eigenvalue weighted by atomic mass is 10.1. The normalized spacial score (nSPS) is 18.4. The lowest BCUT2D eigenvalue weighted by Crippen LogP contribution is -2.62. The lowest BCUT2D eigenvalue weighted by molar-refractivity contribution is -0.143. The Hall–Kier alpha value is -2.71. The van der Waals surface area contributed by atoms with Crippen LogP contribution in [0.25, 0.3) is 0 Å². The largest absolute Gasteiger partial charge is 0.457 e. The fraction of sp³-hybridized carbons (Fsp3) is 0.300. The molecule has 0 aromatic heterocycles. The molecule has 2 aromatic rings. The van der Waals surface area contributed by atoms with Crippen LogP contribution < -0.4 is 4.74 Å². The molecule has 0 spiro atoms. The van der Waals surface area contributed by atoms with Crippen molar-refractivity contribution in [2.45, 2.75) is 30.7 Å². The van der Waals surface area contributed by atoms with Crippen molar-refractivity contribution in [3.8, 4) is 11.5 Å². The van der Waals surface area contributed by atoms with Crippen LogP contribution in [0.3, 0.4) is 0 Å². The molecule has 0 bridgehead atoms. The molecule has 0 saturated carbocycles. The predicted molar refractivity (Wildman–Crippen MR) is 101 cm³/mol. The Bertz CT molecular complexity index is 1010. The maximum atomic E-state index is 12.8. The van der Waals surface area contributed by atoms with E-state index < -0.39 is 10.0 Å². The minimum atomic E-state index is -3.67. The predicted octanol–water partition coefficient (Wildman–Crippen LogP) is 2.31. The third-order valence-electron chi connectivity index (χ3n) is 5.07. The number of aryl methyl sites for hydroxylation is 1. The molecule has 8 heteroatoms. The van der Waals surface area contributed by atoms with E-state index >= 15 is 0 Å². The molecule has 4 rings (SSSR count). The molecule has 2 aliphatic rings. The molecule has 28 heavy (non-hydrogen) atoms. The van der Waals surface area contributed by atoms with E-state index in [0.717, 1.165) is 5.56 Å². The molecule has 2 aromatic carbocycles. The van der Waals surface area contributed by atoms with Crippen LogP contribution >= 0.6 is 0 Å². The molecule has 7 nitrogen and oxygen atoms in total. The third kappa shape index (κ3) is 3.29. The summed E-state index contributed by atoms with van der Waals surface area (Å²) in [5.41, 5.74) is 0.983. The van der Waals surface area contributed by atoms with Crippen molar-refractivity contribution in [1.82, 2.24) is 9.21 Å².